The van der Waals surface area contributed by atoms with E-state index in [1.165, 1.54) is 32.1 Å². The molecule has 0 bridgehead atoms. The molecule has 7 heteroatoms. The van der Waals surface area contributed by atoms with E-state index in [0.717, 1.165) is 34.8 Å². The quantitative estimate of drug-likeness (QED) is 0.668. The predicted molar refractivity (Wildman–Crippen MR) is 116 cm³/mol. The molecule has 2 aromatic heterocycles. The number of amides is 1. The first kappa shape index (κ1) is 21.3. The molecule has 2 heterocycles. The Morgan fingerprint density at radius 3 is 2.76 bits per heavy atom. The fourth-order valence-electron chi connectivity index (χ4n) is 4.19. The van der Waals surface area contributed by atoms with Gasteiger partial charge < -0.3 is 10.2 Å². The molecule has 2 aromatic rings. The van der Waals surface area contributed by atoms with Gasteiger partial charge in [0.15, 0.2) is 0 Å². The molecule has 1 amide bonds. The highest BCUT2D eigenvalue weighted by molar-refractivity contribution is 5.93. The van der Waals surface area contributed by atoms with Crippen molar-refractivity contribution in [1.82, 2.24) is 30.2 Å². The van der Waals surface area contributed by atoms with Crippen molar-refractivity contribution >= 4 is 5.91 Å². The van der Waals surface area contributed by atoms with Crippen LogP contribution >= 0.6 is 0 Å². The van der Waals surface area contributed by atoms with Gasteiger partial charge in [-0.25, -0.2) is 0 Å². The van der Waals surface area contributed by atoms with Crippen LogP contribution in [0.5, 0.6) is 0 Å². The fraction of sp³-hybridized carbons (Fsp3) is 0.591. The minimum absolute atomic E-state index is 0.120. The molecule has 0 aliphatic heterocycles. The Morgan fingerprint density at radius 1 is 1.34 bits per heavy atom. The standard InChI is InChI=1S/C22H34N6O/c1-15(2)14-28-17(4)21(16(3)26-28)19-13-20(25-24-19)22(29)23-11-12-27(5)18-9-7-6-8-10-18/h13,18H,1,6-12,14H2,2-5H3,(H,23,29)(H,24,25). The summed E-state index contributed by atoms with van der Waals surface area (Å²) in [6.07, 6.45) is 6.53. The Balaban J connectivity index is 1.59. The molecule has 1 aliphatic rings. The maximum absolute atomic E-state index is 12.5. The van der Waals surface area contributed by atoms with E-state index in [1.807, 2.05) is 31.5 Å². The normalized spacial score (nSPS) is 15.1. The number of H-pyrrole nitrogens is 1. The van der Waals surface area contributed by atoms with Gasteiger partial charge in [-0.15, -0.1) is 0 Å². The van der Waals surface area contributed by atoms with Crippen LogP contribution in [0, 0.1) is 13.8 Å². The van der Waals surface area contributed by atoms with Crippen LogP contribution in [-0.2, 0) is 6.54 Å². The van der Waals surface area contributed by atoms with Crippen LogP contribution in [0.25, 0.3) is 11.3 Å². The van der Waals surface area contributed by atoms with E-state index in [2.05, 4.69) is 39.1 Å². The first-order valence-electron chi connectivity index (χ1n) is 10.6. The van der Waals surface area contributed by atoms with Crippen molar-refractivity contribution in [3.8, 4) is 11.3 Å². The van der Waals surface area contributed by atoms with E-state index in [-0.39, 0.29) is 5.91 Å². The Kier molecular flexibility index (Phi) is 6.90. The zero-order chi connectivity index (χ0) is 21.0. The number of aromatic nitrogens is 4. The molecule has 0 radical (unpaired) electrons. The smallest absolute Gasteiger partial charge is 0.269 e. The van der Waals surface area contributed by atoms with Crippen LogP contribution in [0.3, 0.4) is 0 Å². The second-order valence-electron chi connectivity index (χ2n) is 8.36. The van der Waals surface area contributed by atoms with Crippen molar-refractivity contribution in [3.63, 3.8) is 0 Å². The molecule has 0 atom stereocenters. The third kappa shape index (κ3) is 5.15. The Labute approximate surface area is 173 Å². The van der Waals surface area contributed by atoms with Crippen molar-refractivity contribution in [2.24, 2.45) is 0 Å². The van der Waals surface area contributed by atoms with E-state index in [0.29, 0.717) is 24.8 Å². The third-order valence-electron chi connectivity index (χ3n) is 5.83. The number of aromatic amines is 1. The molecular weight excluding hydrogens is 364 g/mol. The monoisotopic (exact) mass is 398 g/mol. The molecule has 7 nitrogen and oxygen atoms in total. The van der Waals surface area contributed by atoms with Crippen molar-refractivity contribution in [1.29, 1.82) is 0 Å². The minimum Gasteiger partial charge on any atom is -0.349 e. The van der Waals surface area contributed by atoms with Crippen molar-refractivity contribution < 1.29 is 4.79 Å². The van der Waals surface area contributed by atoms with Gasteiger partial charge in [0.2, 0.25) is 0 Å². The van der Waals surface area contributed by atoms with Crippen LogP contribution in [-0.4, -0.2) is 57.0 Å². The number of allylic oxidation sites excluding steroid dienone is 1. The Hall–Kier alpha value is -2.41. The summed E-state index contributed by atoms with van der Waals surface area (Å²) in [5, 5.41) is 14.8. The van der Waals surface area contributed by atoms with Gasteiger partial charge in [0.25, 0.3) is 5.91 Å². The van der Waals surface area contributed by atoms with Gasteiger partial charge in [-0.05, 0) is 46.7 Å². The summed E-state index contributed by atoms with van der Waals surface area (Å²) in [4.78, 5) is 14.9. The third-order valence-corrected chi connectivity index (χ3v) is 5.83. The molecule has 1 saturated carbocycles. The number of nitrogens with zero attached hydrogens (tertiary/aromatic N) is 4. The Morgan fingerprint density at radius 2 is 2.07 bits per heavy atom. The van der Waals surface area contributed by atoms with Crippen molar-refractivity contribution in [3.05, 3.63) is 35.3 Å². The number of carbonyl (C=O) groups is 1. The number of hydrogen-bond donors (Lipinski definition) is 2. The number of rotatable bonds is 8. The lowest BCUT2D eigenvalue weighted by Gasteiger charge is -2.31. The number of nitrogens with one attached hydrogen (secondary N) is 2. The SMILES string of the molecule is C=C(C)Cn1nc(C)c(-c2cc(C(=O)NCCN(C)C3CCCCC3)[nH]n2)c1C. The van der Waals surface area contributed by atoms with Gasteiger partial charge in [-0.1, -0.05) is 31.4 Å². The molecule has 3 rings (SSSR count). The summed E-state index contributed by atoms with van der Waals surface area (Å²) in [5.41, 5.74) is 5.17. The first-order chi connectivity index (χ1) is 13.9. The topological polar surface area (TPSA) is 78.8 Å². The Bertz CT molecular complexity index is 859. The van der Waals surface area contributed by atoms with Gasteiger partial charge in [0, 0.05) is 30.4 Å². The van der Waals surface area contributed by atoms with Crippen molar-refractivity contribution in [2.75, 3.05) is 20.1 Å². The van der Waals surface area contributed by atoms with Gasteiger partial charge in [-0.3, -0.25) is 14.6 Å². The van der Waals surface area contributed by atoms with Gasteiger partial charge in [-0.2, -0.15) is 10.2 Å². The minimum atomic E-state index is -0.120. The summed E-state index contributed by atoms with van der Waals surface area (Å²) in [7, 11) is 2.16. The van der Waals surface area contributed by atoms with Gasteiger partial charge >= 0.3 is 0 Å². The average molecular weight is 399 g/mol. The molecule has 0 unspecified atom stereocenters. The number of aryl methyl sites for hydroxylation is 1. The summed E-state index contributed by atoms with van der Waals surface area (Å²) >= 11 is 0. The molecule has 0 saturated heterocycles. The second-order valence-corrected chi connectivity index (χ2v) is 8.36. The van der Waals surface area contributed by atoms with Crippen LogP contribution in [0.2, 0.25) is 0 Å². The highest BCUT2D eigenvalue weighted by Crippen LogP contribution is 2.26. The summed E-state index contributed by atoms with van der Waals surface area (Å²) in [5.74, 6) is -0.120. The van der Waals surface area contributed by atoms with E-state index < -0.39 is 0 Å². The molecular formula is C22H34N6O. The first-order valence-corrected chi connectivity index (χ1v) is 10.6. The molecule has 29 heavy (non-hydrogen) atoms. The summed E-state index contributed by atoms with van der Waals surface area (Å²) in [6.45, 7) is 12.1. The second kappa shape index (κ2) is 9.39. The molecule has 2 N–H and O–H groups in total. The van der Waals surface area contributed by atoms with Crippen LogP contribution in [0.1, 0.15) is 60.9 Å². The highest BCUT2D eigenvalue weighted by Gasteiger charge is 2.20. The maximum Gasteiger partial charge on any atom is 0.269 e. The zero-order valence-corrected chi connectivity index (χ0v) is 18.2. The number of hydrogen-bond acceptors (Lipinski definition) is 4. The highest BCUT2D eigenvalue weighted by atomic mass is 16.1. The van der Waals surface area contributed by atoms with Crippen molar-refractivity contribution in [2.45, 2.75) is 65.5 Å². The summed E-state index contributed by atoms with van der Waals surface area (Å²) < 4.78 is 1.93. The van der Waals surface area contributed by atoms with E-state index in [1.54, 1.807) is 0 Å². The lowest BCUT2D eigenvalue weighted by molar-refractivity contribution is 0.0939. The average Bonchev–Trinajstić information content (AvgIpc) is 3.26. The van der Waals surface area contributed by atoms with Crippen LogP contribution in [0.4, 0.5) is 0 Å². The van der Waals surface area contributed by atoms with E-state index >= 15 is 0 Å². The molecule has 1 fully saturated rings. The van der Waals surface area contributed by atoms with E-state index in [4.69, 9.17) is 0 Å². The lowest BCUT2D eigenvalue weighted by Crippen LogP contribution is -2.39. The molecule has 158 valence electrons. The molecule has 0 spiro atoms. The van der Waals surface area contributed by atoms with E-state index in [9.17, 15) is 4.79 Å². The van der Waals surface area contributed by atoms with Crippen LogP contribution in [0.15, 0.2) is 18.2 Å². The number of carbonyl (C=O) groups excluding carboxylic acids is 1. The molecule has 0 aromatic carbocycles. The van der Waals surface area contributed by atoms with Gasteiger partial charge in [0.05, 0.1) is 17.9 Å². The maximum atomic E-state index is 12.5. The summed E-state index contributed by atoms with van der Waals surface area (Å²) in [6, 6.07) is 2.46. The molecule has 1 aliphatic carbocycles. The zero-order valence-electron chi connectivity index (χ0n) is 18.2. The lowest BCUT2D eigenvalue weighted by atomic mass is 9.94. The predicted octanol–water partition coefficient (Wildman–Crippen LogP) is 3.46. The van der Waals surface area contributed by atoms with Crippen LogP contribution < -0.4 is 5.32 Å². The van der Waals surface area contributed by atoms with Gasteiger partial charge in [0.1, 0.15) is 5.69 Å². The largest absolute Gasteiger partial charge is 0.349 e. The fourth-order valence-corrected chi connectivity index (χ4v) is 4.19. The number of likely N-dealkylation sites (N-methyl/N-ethyl adjacent to an activating group) is 1.